The van der Waals surface area contributed by atoms with Gasteiger partial charge in [0.15, 0.2) is 0 Å². The van der Waals surface area contributed by atoms with E-state index in [1.54, 1.807) is 18.2 Å². The quantitative estimate of drug-likeness (QED) is 0.829. The lowest BCUT2D eigenvalue weighted by Gasteiger charge is -2.29. The van der Waals surface area contributed by atoms with E-state index in [0.29, 0.717) is 31.2 Å². The van der Waals surface area contributed by atoms with Crippen LogP contribution in [0.15, 0.2) is 23.1 Å². The Morgan fingerprint density at radius 2 is 2.24 bits per heavy atom. The predicted octanol–water partition coefficient (Wildman–Crippen LogP) is 1.51. The SMILES string of the molecule is CNS(=O)(=O)c1ccc2c(c1)CCN2C(=O)CC(C)C1CCCNC1. The standard InChI is InChI=1S/C18H27N3O3S/c1-13(15-4-3-8-20-12-15)10-18(22)21-9-7-14-11-16(5-6-17(14)21)25(23,24)19-2/h5-6,11,13,15,19-20H,3-4,7-10,12H2,1-2H3. The molecule has 0 aromatic heterocycles. The van der Waals surface area contributed by atoms with E-state index >= 15 is 0 Å². The number of nitrogens with zero attached hydrogens (tertiary/aromatic N) is 1. The van der Waals surface area contributed by atoms with Crippen LogP contribution in [0.1, 0.15) is 31.7 Å². The van der Waals surface area contributed by atoms with Gasteiger partial charge in [0.2, 0.25) is 15.9 Å². The van der Waals surface area contributed by atoms with Gasteiger partial charge >= 0.3 is 0 Å². The summed E-state index contributed by atoms with van der Waals surface area (Å²) in [5.41, 5.74) is 1.78. The number of benzene rings is 1. The van der Waals surface area contributed by atoms with Crippen molar-refractivity contribution in [3.05, 3.63) is 23.8 Å². The normalized spacial score (nSPS) is 21.8. The lowest BCUT2D eigenvalue weighted by atomic mass is 9.85. The van der Waals surface area contributed by atoms with Gasteiger partial charge in [0.05, 0.1) is 4.90 Å². The van der Waals surface area contributed by atoms with Gasteiger partial charge in [-0.1, -0.05) is 6.92 Å². The number of carbonyl (C=O) groups excluding carboxylic acids is 1. The summed E-state index contributed by atoms with van der Waals surface area (Å²) in [7, 11) is -2.05. The van der Waals surface area contributed by atoms with Crippen LogP contribution in [0.4, 0.5) is 5.69 Å². The Bertz CT molecular complexity index is 742. The summed E-state index contributed by atoms with van der Waals surface area (Å²) in [5.74, 6) is 1.05. The number of anilines is 1. The second kappa shape index (κ2) is 7.43. The molecule has 0 bridgehead atoms. The fourth-order valence-electron chi connectivity index (χ4n) is 3.84. The Kier molecular flexibility index (Phi) is 5.46. The second-order valence-corrected chi connectivity index (χ2v) is 8.97. The van der Waals surface area contributed by atoms with E-state index < -0.39 is 10.0 Å². The highest BCUT2D eigenvalue weighted by atomic mass is 32.2. The van der Waals surface area contributed by atoms with Gasteiger partial charge in [-0.25, -0.2) is 13.1 Å². The van der Waals surface area contributed by atoms with Gasteiger partial charge in [-0.05, 0) is 75.0 Å². The van der Waals surface area contributed by atoms with Crippen LogP contribution in [-0.4, -0.2) is 41.0 Å². The molecule has 0 radical (unpaired) electrons. The van der Waals surface area contributed by atoms with Gasteiger partial charge in [0.1, 0.15) is 0 Å². The molecular formula is C18H27N3O3S. The largest absolute Gasteiger partial charge is 0.316 e. The maximum atomic E-state index is 12.8. The van der Waals surface area contributed by atoms with E-state index in [-0.39, 0.29) is 10.8 Å². The lowest BCUT2D eigenvalue weighted by Crippen LogP contribution is -2.36. The fraction of sp³-hybridized carbons (Fsp3) is 0.611. The molecule has 3 rings (SSSR count). The number of hydrogen-bond donors (Lipinski definition) is 2. The molecule has 2 aliphatic rings. The van der Waals surface area contributed by atoms with Crippen LogP contribution in [0.3, 0.4) is 0 Å². The zero-order chi connectivity index (χ0) is 18.0. The molecule has 6 nitrogen and oxygen atoms in total. The monoisotopic (exact) mass is 365 g/mol. The molecule has 25 heavy (non-hydrogen) atoms. The van der Waals surface area contributed by atoms with E-state index in [4.69, 9.17) is 0 Å². The van der Waals surface area contributed by atoms with Crippen molar-refractivity contribution < 1.29 is 13.2 Å². The molecule has 2 N–H and O–H groups in total. The molecule has 1 saturated heterocycles. The maximum Gasteiger partial charge on any atom is 0.240 e. The molecule has 0 aliphatic carbocycles. The Hall–Kier alpha value is -1.44. The summed E-state index contributed by atoms with van der Waals surface area (Å²) in [6.07, 6.45) is 3.61. The maximum absolute atomic E-state index is 12.8. The number of amides is 1. The molecular weight excluding hydrogens is 338 g/mol. The van der Waals surface area contributed by atoms with Crippen molar-refractivity contribution in [3.63, 3.8) is 0 Å². The highest BCUT2D eigenvalue weighted by Crippen LogP contribution is 2.32. The van der Waals surface area contributed by atoms with E-state index in [1.165, 1.54) is 19.9 Å². The Balaban J connectivity index is 1.70. The third-order valence-corrected chi connectivity index (χ3v) is 6.87. The molecule has 7 heteroatoms. The molecule has 138 valence electrons. The van der Waals surface area contributed by atoms with Crippen molar-refractivity contribution in [1.82, 2.24) is 10.0 Å². The molecule has 2 aliphatic heterocycles. The van der Waals surface area contributed by atoms with Gasteiger partial charge in [0, 0.05) is 18.7 Å². The van der Waals surface area contributed by atoms with Crippen molar-refractivity contribution in [3.8, 4) is 0 Å². The molecule has 1 aromatic rings. The molecule has 1 fully saturated rings. The average molecular weight is 365 g/mol. The zero-order valence-electron chi connectivity index (χ0n) is 14.9. The lowest BCUT2D eigenvalue weighted by molar-refractivity contribution is -0.119. The molecule has 2 unspecified atom stereocenters. The zero-order valence-corrected chi connectivity index (χ0v) is 15.7. The van der Waals surface area contributed by atoms with Crippen molar-refractivity contribution in [2.24, 2.45) is 11.8 Å². The number of rotatable bonds is 5. The van der Waals surface area contributed by atoms with Crippen molar-refractivity contribution in [1.29, 1.82) is 0 Å². The summed E-state index contributed by atoms with van der Waals surface area (Å²) in [4.78, 5) is 14.8. The predicted molar refractivity (Wildman–Crippen MR) is 98.1 cm³/mol. The van der Waals surface area contributed by atoms with Gasteiger partial charge in [-0.2, -0.15) is 0 Å². The number of fused-ring (bicyclic) bond motifs is 1. The van der Waals surface area contributed by atoms with E-state index in [9.17, 15) is 13.2 Å². The summed E-state index contributed by atoms with van der Waals surface area (Å²) >= 11 is 0. The van der Waals surface area contributed by atoms with Crippen LogP contribution in [0, 0.1) is 11.8 Å². The highest BCUT2D eigenvalue weighted by molar-refractivity contribution is 7.89. The third kappa shape index (κ3) is 3.88. The number of sulfonamides is 1. The van der Waals surface area contributed by atoms with Crippen LogP contribution < -0.4 is 14.9 Å². The first kappa shape index (κ1) is 18.4. The van der Waals surface area contributed by atoms with Crippen LogP contribution in [0.5, 0.6) is 0 Å². The topological polar surface area (TPSA) is 78.5 Å². The third-order valence-electron chi connectivity index (χ3n) is 5.46. The molecule has 1 aromatic carbocycles. The van der Waals surface area contributed by atoms with E-state index in [1.807, 2.05) is 4.90 Å². The Morgan fingerprint density at radius 3 is 2.92 bits per heavy atom. The molecule has 2 atom stereocenters. The highest BCUT2D eigenvalue weighted by Gasteiger charge is 2.29. The molecule has 0 saturated carbocycles. The first-order valence-electron chi connectivity index (χ1n) is 9.00. The number of piperidine rings is 1. The van der Waals surface area contributed by atoms with Crippen LogP contribution in [0.2, 0.25) is 0 Å². The van der Waals surface area contributed by atoms with Crippen LogP contribution >= 0.6 is 0 Å². The van der Waals surface area contributed by atoms with Gasteiger partial charge in [0.25, 0.3) is 0 Å². The number of hydrogen-bond acceptors (Lipinski definition) is 4. The van der Waals surface area contributed by atoms with Crippen molar-refractivity contribution >= 4 is 21.6 Å². The molecule has 0 spiro atoms. The minimum Gasteiger partial charge on any atom is -0.316 e. The smallest absolute Gasteiger partial charge is 0.240 e. The van der Waals surface area contributed by atoms with Crippen LogP contribution in [0.25, 0.3) is 0 Å². The average Bonchev–Trinajstić information content (AvgIpc) is 3.05. The number of carbonyl (C=O) groups is 1. The minimum atomic E-state index is -3.45. The van der Waals surface area contributed by atoms with Crippen LogP contribution in [-0.2, 0) is 21.2 Å². The minimum absolute atomic E-state index is 0.140. The summed E-state index contributed by atoms with van der Waals surface area (Å²) in [5, 5.41) is 3.41. The van der Waals surface area contributed by atoms with E-state index in [0.717, 1.165) is 24.3 Å². The fourth-order valence-corrected chi connectivity index (χ4v) is 4.62. The molecule has 2 heterocycles. The van der Waals surface area contributed by atoms with Crippen molar-refractivity contribution in [2.75, 3.05) is 31.6 Å². The Labute approximate surface area is 150 Å². The summed E-state index contributed by atoms with van der Waals surface area (Å²) < 4.78 is 26.2. The second-order valence-electron chi connectivity index (χ2n) is 7.08. The van der Waals surface area contributed by atoms with Gasteiger partial charge < -0.3 is 10.2 Å². The van der Waals surface area contributed by atoms with E-state index in [2.05, 4.69) is 17.0 Å². The van der Waals surface area contributed by atoms with Gasteiger partial charge in [-0.3, -0.25) is 4.79 Å². The first-order valence-corrected chi connectivity index (χ1v) is 10.5. The summed E-state index contributed by atoms with van der Waals surface area (Å²) in [6, 6.07) is 5.02. The molecule has 1 amide bonds. The Morgan fingerprint density at radius 1 is 1.44 bits per heavy atom. The number of nitrogens with one attached hydrogen (secondary N) is 2. The van der Waals surface area contributed by atoms with Crippen molar-refractivity contribution in [2.45, 2.75) is 37.5 Å². The first-order chi connectivity index (χ1) is 11.9. The summed E-state index contributed by atoms with van der Waals surface area (Å²) in [6.45, 7) is 4.87. The van der Waals surface area contributed by atoms with Gasteiger partial charge in [-0.15, -0.1) is 0 Å².